The van der Waals surface area contributed by atoms with Crippen LogP contribution < -0.4 is 10.6 Å². The molecule has 0 spiro atoms. The van der Waals surface area contributed by atoms with E-state index < -0.39 is 0 Å². The maximum Gasteiger partial charge on any atom is 0.0601 e. The molecule has 0 aromatic carbocycles. The Balaban J connectivity index is 1.73. The van der Waals surface area contributed by atoms with Gasteiger partial charge in [-0.1, -0.05) is 6.07 Å². The Hall–Kier alpha value is -0.380. The lowest BCUT2D eigenvalue weighted by molar-refractivity contribution is 0.276. The summed E-state index contributed by atoms with van der Waals surface area (Å²) in [6.45, 7) is 2.34. The predicted octanol–water partition coefficient (Wildman–Crippen LogP) is 1.76. The van der Waals surface area contributed by atoms with E-state index in [0.717, 1.165) is 18.4 Å². The Kier molecular flexibility index (Phi) is 2.32. The smallest absolute Gasteiger partial charge is 0.0601 e. The molecule has 2 fully saturated rings. The van der Waals surface area contributed by atoms with Gasteiger partial charge in [-0.15, -0.1) is 11.3 Å². The highest BCUT2D eigenvalue weighted by Crippen LogP contribution is 2.34. The van der Waals surface area contributed by atoms with Crippen LogP contribution in [0.2, 0.25) is 0 Å². The zero-order valence-corrected chi connectivity index (χ0v) is 9.02. The summed E-state index contributed by atoms with van der Waals surface area (Å²) in [5, 5.41) is 9.32. The Morgan fingerprint density at radius 2 is 2.36 bits per heavy atom. The number of nitrogens with one attached hydrogen (secondary N) is 2. The van der Waals surface area contributed by atoms with Crippen molar-refractivity contribution in [3.8, 4) is 0 Å². The van der Waals surface area contributed by atoms with Gasteiger partial charge in [0.15, 0.2) is 0 Å². The van der Waals surface area contributed by atoms with Gasteiger partial charge in [-0.3, -0.25) is 0 Å². The van der Waals surface area contributed by atoms with E-state index in [0.29, 0.717) is 6.17 Å². The van der Waals surface area contributed by atoms with Crippen molar-refractivity contribution in [3.63, 3.8) is 0 Å². The topological polar surface area (TPSA) is 24.1 Å². The molecule has 3 atom stereocenters. The standard InChI is InChI=1S/C11H16N2S/c1-2-10(14-5-1)9-6-8-3-4-12-11(8)13-7-9/h1-2,5,8-9,11-13H,3-4,6-7H2. The second-order valence-corrected chi connectivity index (χ2v) is 5.32. The van der Waals surface area contributed by atoms with Crippen molar-refractivity contribution in [2.75, 3.05) is 13.1 Å². The summed E-state index contributed by atoms with van der Waals surface area (Å²) >= 11 is 1.90. The van der Waals surface area contributed by atoms with Crippen molar-refractivity contribution in [1.82, 2.24) is 10.6 Å². The first-order valence-corrected chi connectivity index (χ1v) is 6.31. The van der Waals surface area contributed by atoms with Gasteiger partial charge in [0.1, 0.15) is 0 Å². The fourth-order valence-electron chi connectivity index (χ4n) is 2.71. The molecule has 76 valence electrons. The van der Waals surface area contributed by atoms with Gasteiger partial charge in [0.05, 0.1) is 6.17 Å². The molecule has 2 aliphatic rings. The molecule has 14 heavy (non-hydrogen) atoms. The summed E-state index contributed by atoms with van der Waals surface area (Å²) < 4.78 is 0. The summed E-state index contributed by atoms with van der Waals surface area (Å²) in [5.74, 6) is 1.62. The molecule has 2 N–H and O–H groups in total. The van der Waals surface area contributed by atoms with Gasteiger partial charge >= 0.3 is 0 Å². The first kappa shape index (κ1) is 8.89. The van der Waals surface area contributed by atoms with E-state index in [-0.39, 0.29) is 0 Å². The molecule has 0 radical (unpaired) electrons. The molecule has 3 rings (SSSR count). The number of fused-ring (bicyclic) bond motifs is 1. The molecular formula is C11H16N2S. The lowest BCUT2D eigenvalue weighted by atomic mass is 9.87. The molecule has 1 aromatic heterocycles. The predicted molar refractivity (Wildman–Crippen MR) is 59.6 cm³/mol. The molecule has 3 unspecified atom stereocenters. The summed E-state index contributed by atoms with van der Waals surface area (Å²) in [4.78, 5) is 1.56. The number of hydrogen-bond donors (Lipinski definition) is 2. The van der Waals surface area contributed by atoms with Crippen molar-refractivity contribution in [1.29, 1.82) is 0 Å². The Morgan fingerprint density at radius 1 is 1.36 bits per heavy atom. The first-order valence-electron chi connectivity index (χ1n) is 5.43. The average molecular weight is 208 g/mol. The van der Waals surface area contributed by atoms with Gasteiger partial charge in [0.25, 0.3) is 0 Å². The van der Waals surface area contributed by atoms with E-state index in [9.17, 15) is 0 Å². The van der Waals surface area contributed by atoms with Crippen LogP contribution >= 0.6 is 11.3 Å². The van der Waals surface area contributed by atoms with Gasteiger partial charge < -0.3 is 10.6 Å². The Labute approximate surface area is 88.7 Å². The SMILES string of the molecule is c1csc(C2CNC3NCCC3C2)c1. The number of rotatable bonds is 1. The lowest BCUT2D eigenvalue weighted by Crippen LogP contribution is -2.47. The minimum atomic E-state index is 0.603. The Bertz CT molecular complexity index is 296. The van der Waals surface area contributed by atoms with E-state index in [4.69, 9.17) is 0 Å². The highest BCUT2D eigenvalue weighted by molar-refractivity contribution is 7.10. The van der Waals surface area contributed by atoms with E-state index >= 15 is 0 Å². The summed E-state index contributed by atoms with van der Waals surface area (Å²) in [6.07, 6.45) is 3.32. The minimum Gasteiger partial charge on any atom is -0.302 e. The van der Waals surface area contributed by atoms with E-state index in [2.05, 4.69) is 28.1 Å². The second kappa shape index (κ2) is 3.65. The van der Waals surface area contributed by atoms with Gasteiger partial charge in [-0.05, 0) is 36.8 Å². The van der Waals surface area contributed by atoms with Crippen LogP contribution in [-0.2, 0) is 0 Å². The molecule has 2 nitrogen and oxygen atoms in total. The molecule has 0 aliphatic carbocycles. The van der Waals surface area contributed by atoms with Crippen LogP contribution in [0.1, 0.15) is 23.6 Å². The normalized spacial score (nSPS) is 37.0. The van der Waals surface area contributed by atoms with E-state index in [1.807, 2.05) is 11.3 Å². The number of hydrogen-bond acceptors (Lipinski definition) is 3. The molecule has 2 aliphatic heterocycles. The van der Waals surface area contributed by atoms with Gasteiger partial charge in [0.2, 0.25) is 0 Å². The third-order valence-corrected chi connectivity index (χ3v) is 4.50. The molecular weight excluding hydrogens is 192 g/mol. The zero-order valence-electron chi connectivity index (χ0n) is 8.20. The van der Waals surface area contributed by atoms with Crippen molar-refractivity contribution in [3.05, 3.63) is 22.4 Å². The third kappa shape index (κ3) is 1.49. The van der Waals surface area contributed by atoms with Crippen LogP contribution in [0, 0.1) is 5.92 Å². The Morgan fingerprint density at radius 3 is 3.21 bits per heavy atom. The quantitative estimate of drug-likeness (QED) is 0.735. The second-order valence-electron chi connectivity index (χ2n) is 4.34. The largest absolute Gasteiger partial charge is 0.302 e. The molecule has 0 amide bonds. The van der Waals surface area contributed by atoms with Crippen molar-refractivity contribution in [2.45, 2.75) is 24.9 Å². The van der Waals surface area contributed by atoms with Crippen LogP contribution in [0.4, 0.5) is 0 Å². The molecule has 0 bridgehead atoms. The number of piperidine rings is 1. The third-order valence-electron chi connectivity index (χ3n) is 3.47. The summed E-state index contributed by atoms with van der Waals surface area (Å²) in [7, 11) is 0. The maximum atomic E-state index is 3.61. The van der Waals surface area contributed by atoms with Crippen LogP contribution in [-0.4, -0.2) is 19.3 Å². The lowest BCUT2D eigenvalue weighted by Gasteiger charge is -2.32. The fourth-order valence-corrected chi connectivity index (χ4v) is 3.55. The van der Waals surface area contributed by atoms with Crippen molar-refractivity contribution < 1.29 is 0 Å². The fraction of sp³-hybridized carbons (Fsp3) is 0.636. The molecule has 3 heteroatoms. The monoisotopic (exact) mass is 208 g/mol. The molecule has 1 aromatic rings. The van der Waals surface area contributed by atoms with Gasteiger partial charge in [-0.2, -0.15) is 0 Å². The van der Waals surface area contributed by atoms with E-state index in [1.165, 1.54) is 19.4 Å². The van der Waals surface area contributed by atoms with Crippen LogP contribution in [0.5, 0.6) is 0 Å². The minimum absolute atomic E-state index is 0.603. The molecule has 3 heterocycles. The van der Waals surface area contributed by atoms with Gasteiger partial charge in [-0.25, -0.2) is 0 Å². The van der Waals surface area contributed by atoms with Crippen molar-refractivity contribution >= 4 is 11.3 Å². The summed E-state index contributed by atoms with van der Waals surface area (Å²) in [6, 6.07) is 4.44. The van der Waals surface area contributed by atoms with Crippen LogP contribution in [0.3, 0.4) is 0 Å². The van der Waals surface area contributed by atoms with Crippen molar-refractivity contribution in [2.24, 2.45) is 5.92 Å². The summed E-state index contributed by atoms with van der Waals surface area (Å²) in [5.41, 5.74) is 0. The zero-order chi connectivity index (χ0) is 9.38. The highest BCUT2D eigenvalue weighted by Gasteiger charge is 2.33. The highest BCUT2D eigenvalue weighted by atomic mass is 32.1. The average Bonchev–Trinajstić information content (AvgIpc) is 2.88. The van der Waals surface area contributed by atoms with E-state index in [1.54, 1.807) is 4.88 Å². The molecule has 0 saturated carbocycles. The molecule has 2 saturated heterocycles. The first-order chi connectivity index (χ1) is 6.93. The van der Waals surface area contributed by atoms with Crippen LogP contribution in [0.15, 0.2) is 17.5 Å². The maximum absolute atomic E-state index is 3.61. The van der Waals surface area contributed by atoms with Crippen LogP contribution in [0.25, 0.3) is 0 Å². The number of thiophene rings is 1. The van der Waals surface area contributed by atoms with Gasteiger partial charge in [0, 0.05) is 17.3 Å².